The van der Waals surface area contributed by atoms with E-state index >= 15 is 0 Å². The van der Waals surface area contributed by atoms with Crippen molar-refractivity contribution in [3.63, 3.8) is 0 Å². The van der Waals surface area contributed by atoms with E-state index in [1.165, 1.54) is 0 Å². The van der Waals surface area contributed by atoms with Crippen LogP contribution in [0.15, 0.2) is 18.7 Å². The number of nitrogens with one attached hydrogen (secondary N) is 1. The highest BCUT2D eigenvalue weighted by Crippen LogP contribution is 2.03. The van der Waals surface area contributed by atoms with Gasteiger partial charge in [-0.2, -0.15) is 0 Å². The van der Waals surface area contributed by atoms with Gasteiger partial charge in [0.15, 0.2) is 0 Å². The van der Waals surface area contributed by atoms with Crippen molar-refractivity contribution in [3.05, 3.63) is 18.7 Å². The molecule has 1 N–H and O–H groups in total. The molecule has 5 heteroatoms. The van der Waals surface area contributed by atoms with E-state index in [0.29, 0.717) is 0 Å². The summed E-state index contributed by atoms with van der Waals surface area (Å²) in [7, 11) is 0. The zero-order valence-corrected chi connectivity index (χ0v) is 11.1. The Hall–Kier alpha value is -0.840. The van der Waals surface area contributed by atoms with E-state index in [2.05, 4.69) is 26.2 Å². The molecule has 0 saturated carbocycles. The van der Waals surface area contributed by atoms with Gasteiger partial charge >= 0.3 is 0 Å². The molecule has 0 saturated heterocycles. The Labute approximate surface area is 105 Å². The fourth-order valence-corrected chi connectivity index (χ4v) is 1.51. The molecule has 0 spiro atoms. The minimum Gasteiger partial charge on any atom is -0.355 e. The van der Waals surface area contributed by atoms with Crippen LogP contribution in [0.4, 0.5) is 0 Å². The van der Waals surface area contributed by atoms with Crippen molar-refractivity contribution in [2.45, 2.75) is 37.6 Å². The molecule has 1 rings (SSSR count). The van der Waals surface area contributed by atoms with Crippen LogP contribution in [0.2, 0.25) is 0 Å². The minimum absolute atomic E-state index is 0.0545. The number of rotatable bonds is 7. The zero-order chi connectivity index (χ0) is 11.8. The molecule has 1 aromatic rings. The molecule has 0 bridgehead atoms. The van der Waals surface area contributed by atoms with Gasteiger partial charge in [-0.1, -0.05) is 22.9 Å². The Kier molecular flexibility index (Phi) is 6.15. The average molecular weight is 288 g/mol. The Morgan fingerprint density at radius 2 is 2.38 bits per heavy atom. The first-order chi connectivity index (χ1) is 7.74. The molecule has 0 radical (unpaired) electrons. The molecule has 90 valence electrons. The van der Waals surface area contributed by atoms with Crippen molar-refractivity contribution in [2.24, 2.45) is 0 Å². The lowest BCUT2D eigenvalue weighted by atomic mass is 10.3. The lowest BCUT2D eigenvalue weighted by Crippen LogP contribution is -2.31. The van der Waals surface area contributed by atoms with E-state index in [-0.39, 0.29) is 10.7 Å². The van der Waals surface area contributed by atoms with Crippen molar-refractivity contribution in [1.82, 2.24) is 14.9 Å². The van der Waals surface area contributed by atoms with Crippen LogP contribution in [0.5, 0.6) is 0 Å². The second-order valence-electron chi connectivity index (χ2n) is 3.67. The second-order valence-corrected chi connectivity index (χ2v) is 4.78. The molecular weight excluding hydrogens is 270 g/mol. The second kappa shape index (κ2) is 7.44. The number of imidazole rings is 1. The van der Waals surface area contributed by atoms with E-state index in [1.807, 2.05) is 24.0 Å². The molecule has 1 amide bonds. The molecule has 16 heavy (non-hydrogen) atoms. The van der Waals surface area contributed by atoms with Crippen molar-refractivity contribution >= 4 is 21.8 Å². The molecule has 1 unspecified atom stereocenters. The average Bonchev–Trinajstić information content (AvgIpc) is 2.80. The van der Waals surface area contributed by atoms with Crippen LogP contribution in [-0.2, 0) is 11.3 Å². The van der Waals surface area contributed by atoms with E-state index in [0.717, 1.165) is 32.4 Å². The molecule has 0 fully saturated rings. The number of carbonyl (C=O) groups excluding carboxylic acids is 1. The molecule has 0 aromatic carbocycles. The summed E-state index contributed by atoms with van der Waals surface area (Å²) >= 11 is 3.32. The van der Waals surface area contributed by atoms with Crippen LogP contribution in [0.3, 0.4) is 0 Å². The Morgan fingerprint density at radius 3 is 3.00 bits per heavy atom. The molecule has 1 aromatic heterocycles. The minimum atomic E-state index is -0.0545. The van der Waals surface area contributed by atoms with Crippen LogP contribution in [0.1, 0.15) is 26.2 Å². The Bertz CT molecular complexity index is 300. The highest BCUT2D eigenvalue weighted by Gasteiger charge is 2.10. The Balaban J connectivity index is 2.02. The quantitative estimate of drug-likeness (QED) is 0.616. The topological polar surface area (TPSA) is 46.9 Å². The smallest absolute Gasteiger partial charge is 0.233 e. The van der Waals surface area contributed by atoms with Gasteiger partial charge in [-0.15, -0.1) is 0 Å². The lowest BCUT2D eigenvalue weighted by molar-refractivity contribution is -0.120. The summed E-state index contributed by atoms with van der Waals surface area (Å²) in [6.45, 7) is 3.69. The lowest BCUT2D eigenvalue weighted by Gasteiger charge is -2.08. The molecule has 0 aliphatic rings. The first-order valence-electron chi connectivity index (χ1n) is 5.61. The number of aromatic nitrogens is 2. The number of alkyl halides is 1. The maximum Gasteiger partial charge on any atom is 0.233 e. The van der Waals surface area contributed by atoms with E-state index < -0.39 is 0 Å². The van der Waals surface area contributed by atoms with Crippen LogP contribution < -0.4 is 5.32 Å². The van der Waals surface area contributed by atoms with Crippen molar-refractivity contribution in [2.75, 3.05) is 6.54 Å². The highest BCUT2D eigenvalue weighted by atomic mass is 79.9. The number of nitrogens with zero attached hydrogens (tertiary/aromatic N) is 2. The predicted molar refractivity (Wildman–Crippen MR) is 67.5 cm³/mol. The fraction of sp³-hybridized carbons (Fsp3) is 0.636. The summed E-state index contributed by atoms with van der Waals surface area (Å²) in [5.74, 6) is 0.0881. The van der Waals surface area contributed by atoms with Crippen LogP contribution >= 0.6 is 15.9 Å². The molecule has 1 heterocycles. The SMILES string of the molecule is CCC(Br)C(=O)NCCCCn1ccnc1. The number of carbonyl (C=O) groups is 1. The van der Waals surface area contributed by atoms with Gasteiger partial charge in [0.25, 0.3) is 0 Å². The summed E-state index contributed by atoms with van der Waals surface area (Å²) in [5.41, 5.74) is 0. The first kappa shape index (κ1) is 13.2. The van der Waals surface area contributed by atoms with Gasteiger partial charge in [-0.3, -0.25) is 4.79 Å². The summed E-state index contributed by atoms with van der Waals surface area (Å²) < 4.78 is 2.04. The summed E-state index contributed by atoms with van der Waals surface area (Å²) in [4.78, 5) is 15.3. The molecule has 4 nitrogen and oxygen atoms in total. The third-order valence-corrected chi connectivity index (χ3v) is 3.41. The van der Waals surface area contributed by atoms with Gasteiger partial charge in [0.1, 0.15) is 0 Å². The van der Waals surface area contributed by atoms with Crippen LogP contribution in [0.25, 0.3) is 0 Å². The summed E-state index contributed by atoms with van der Waals surface area (Å²) in [6, 6.07) is 0. The molecule has 0 aliphatic heterocycles. The van der Waals surface area contributed by atoms with E-state index in [9.17, 15) is 4.79 Å². The number of unbranched alkanes of at least 4 members (excludes halogenated alkanes) is 1. The summed E-state index contributed by atoms with van der Waals surface area (Å²) in [6.07, 6.45) is 8.40. The summed E-state index contributed by atoms with van der Waals surface area (Å²) in [5, 5.41) is 2.90. The van der Waals surface area contributed by atoms with E-state index in [4.69, 9.17) is 0 Å². The highest BCUT2D eigenvalue weighted by molar-refractivity contribution is 9.10. The van der Waals surface area contributed by atoms with Crippen molar-refractivity contribution in [1.29, 1.82) is 0 Å². The van der Waals surface area contributed by atoms with Gasteiger partial charge in [0.2, 0.25) is 5.91 Å². The zero-order valence-electron chi connectivity index (χ0n) is 9.53. The molecular formula is C11H18BrN3O. The Morgan fingerprint density at radius 1 is 1.56 bits per heavy atom. The van der Waals surface area contributed by atoms with Gasteiger partial charge in [-0.25, -0.2) is 4.98 Å². The normalized spacial score (nSPS) is 12.4. The number of amides is 1. The molecule has 1 atom stereocenters. The number of aryl methyl sites for hydroxylation is 1. The van der Waals surface area contributed by atoms with Gasteiger partial charge < -0.3 is 9.88 Å². The predicted octanol–water partition coefficient (Wildman–Crippen LogP) is 1.95. The van der Waals surface area contributed by atoms with Gasteiger partial charge in [0, 0.05) is 25.5 Å². The molecule has 0 aliphatic carbocycles. The van der Waals surface area contributed by atoms with Crippen LogP contribution in [0, 0.1) is 0 Å². The number of halogens is 1. The van der Waals surface area contributed by atoms with Gasteiger partial charge in [-0.05, 0) is 19.3 Å². The van der Waals surface area contributed by atoms with Crippen LogP contribution in [-0.4, -0.2) is 26.8 Å². The third-order valence-electron chi connectivity index (χ3n) is 2.34. The maximum atomic E-state index is 11.4. The first-order valence-corrected chi connectivity index (χ1v) is 6.53. The number of hydrogen-bond acceptors (Lipinski definition) is 2. The largest absolute Gasteiger partial charge is 0.355 e. The number of hydrogen-bond donors (Lipinski definition) is 1. The van der Waals surface area contributed by atoms with Crippen molar-refractivity contribution in [3.8, 4) is 0 Å². The fourth-order valence-electron chi connectivity index (χ4n) is 1.35. The standard InChI is InChI=1S/C11H18BrN3O/c1-2-10(12)11(16)14-5-3-4-7-15-8-6-13-9-15/h6,8-10H,2-5,7H2,1H3,(H,14,16). The van der Waals surface area contributed by atoms with Gasteiger partial charge in [0.05, 0.1) is 11.2 Å². The maximum absolute atomic E-state index is 11.4. The van der Waals surface area contributed by atoms with Crippen molar-refractivity contribution < 1.29 is 4.79 Å². The third kappa shape index (κ3) is 4.79. The van der Waals surface area contributed by atoms with E-state index in [1.54, 1.807) is 6.20 Å². The monoisotopic (exact) mass is 287 g/mol.